The van der Waals surface area contributed by atoms with Crippen LogP contribution in [0.3, 0.4) is 0 Å². The van der Waals surface area contributed by atoms with Crippen LogP contribution in [0.2, 0.25) is 18.1 Å². The van der Waals surface area contributed by atoms with Crippen molar-refractivity contribution in [1.82, 2.24) is 0 Å². The second kappa shape index (κ2) is 7.86. The van der Waals surface area contributed by atoms with Crippen molar-refractivity contribution >= 4 is 14.0 Å². The van der Waals surface area contributed by atoms with Crippen LogP contribution in [0.5, 0.6) is 0 Å². The van der Waals surface area contributed by atoms with Crippen molar-refractivity contribution in [2.45, 2.75) is 76.7 Å². The molecule has 27 heavy (non-hydrogen) atoms. The zero-order valence-electron chi connectivity index (χ0n) is 17.7. The van der Waals surface area contributed by atoms with Crippen molar-refractivity contribution in [2.75, 3.05) is 24.7 Å². The Bertz CT molecular complexity index is 655. The molecular formula is C22H37NO3Si. The molecule has 1 fully saturated rings. The van der Waals surface area contributed by atoms with Gasteiger partial charge >= 0.3 is 0 Å². The highest BCUT2D eigenvalue weighted by atomic mass is 28.4. The Hall–Kier alpha value is -0.883. The second-order valence-corrected chi connectivity index (χ2v) is 14.7. The van der Waals surface area contributed by atoms with E-state index in [1.807, 2.05) is 6.07 Å². The summed E-state index contributed by atoms with van der Waals surface area (Å²) in [6.07, 6.45) is 3.26. The molecule has 3 atom stereocenters. The van der Waals surface area contributed by atoms with Crippen LogP contribution in [0.1, 0.15) is 57.1 Å². The lowest BCUT2D eigenvalue weighted by molar-refractivity contribution is 0.171. The smallest absolute Gasteiger partial charge is 0.192 e. The predicted octanol–water partition coefficient (Wildman–Crippen LogP) is 4.27. The Balaban J connectivity index is 1.78. The zero-order valence-corrected chi connectivity index (χ0v) is 18.7. The number of aliphatic hydroxyl groups is 2. The largest absolute Gasteiger partial charge is 0.415 e. The van der Waals surface area contributed by atoms with Crippen molar-refractivity contribution in [2.24, 2.45) is 5.92 Å². The van der Waals surface area contributed by atoms with Crippen LogP contribution >= 0.6 is 0 Å². The van der Waals surface area contributed by atoms with Crippen LogP contribution in [0.4, 0.5) is 5.69 Å². The van der Waals surface area contributed by atoms with Crippen LogP contribution in [0, 0.1) is 5.92 Å². The third-order valence-electron chi connectivity index (χ3n) is 7.17. The van der Waals surface area contributed by atoms with Crippen LogP contribution in [-0.2, 0) is 11.0 Å². The minimum absolute atomic E-state index is 0.0859. The molecule has 3 unspecified atom stereocenters. The van der Waals surface area contributed by atoms with Crippen LogP contribution < -0.4 is 4.90 Å². The Morgan fingerprint density at radius 2 is 1.93 bits per heavy atom. The van der Waals surface area contributed by atoms with Gasteiger partial charge in [-0.2, -0.15) is 0 Å². The molecule has 1 aliphatic carbocycles. The molecule has 5 heteroatoms. The number of fused-ring (bicyclic) bond motifs is 3. The molecule has 0 spiro atoms. The monoisotopic (exact) mass is 391 g/mol. The number of aliphatic hydroxyl groups excluding tert-OH is 2. The summed E-state index contributed by atoms with van der Waals surface area (Å²) >= 11 is 0. The van der Waals surface area contributed by atoms with E-state index in [1.54, 1.807) is 0 Å². The lowest BCUT2D eigenvalue weighted by atomic mass is 9.76. The van der Waals surface area contributed by atoms with Crippen molar-refractivity contribution < 1.29 is 14.6 Å². The van der Waals surface area contributed by atoms with Gasteiger partial charge in [0.15, 0.2) is 8.32 Å². The quantitative estimate of drug-likeness (QED) is 0.711. The number of benzene rings is 1. The minimum Gasteiger partial charge on any atom is -0.415 e. The normalized spacial score (nSPS) is 25.4. The summed E-state index contributed by atoms with van der Waals surface area (Å²) in [6.45, 7) is 13.5. The van der Waals surface area contributed by atoms with Gasteiger partial charge < -0.3 is 19.5 Å². The van der Waals surface area contributed by atoms with Crippen molar-refractivity contribution in [3.8, 4) is 0 Å². The number of hydrogen-bond acceptors (Lipinski definition) is 4. The van der Waals surface area contributed by atoms with Gasteiger partial charge in [-0.1, -0.05) is 32.9 Å². The molecule has 0 bridgehead atoms. The molecule has 1 aromatic rings. The third-order valence-corrected chi connectivity index (χ3v) is 11.7. The standard InChI is InChI=1S/C22H37NO3Si/c1-22(2,3)27(4,5)26-11-10-23-20-8-6-16(14-24)12-18(20)19-13-17(15-25)7-9-21(19)23/h6,8,12,17,19,21,24-25H,7,9-11,13-15H2,1-5H3. The van der Waals surface area contributed by atoms with Gasteiger partial charge in [-0.3, -0.25) is 0 Å². The molecule has 152 valence electrons. The van der Waals surface area contributed by atoms with E-state index >= 15 is 0 Å². The molecule has 2 aliphatic rings. The fraction of sp³-hybridized carbons (Fsp3) is 0.727. The average molecular weight is 392 g/mol. The van der Waals surface area contributed by atoms with Gasteiger partial charge in [0, 0.05) is 30.8 Å². The van der Waals surface area contributed by atoms with E-state index in [2.05, 4.69) is 50.9 Å². The Kier molecular flexibility index (Phi) is 6.07. The Morgan fingerprint density at radius 1 is 1.19 bits per heavy atom. The SMILES string of the molecule is CC(C)(C)[Si](C)(C)OCCN1c2ccc(CO)cc2C2CC(CO)CCC21. The Morgan fingerprint density at radius 3 is 2.56 bits per heavy atom. The molecule has 1 aliphatic heterocycles. The Labute approximate surface area is 165 Å². The molecular weight excluding hydrogens is 354 g/mol. The summed E-state index contributed by atoms with van der Waals surface area (Å²) in [6, 6.07) is 6.90. The van der Waals surface area contributed by atoms with E-state index in [4.69, 9.17) is 4.43 Å². The first-order valence-electron chi connectivity index (χ1n) is 10.4. The highest BCUT2D eigenvalue weighted by molar-refractivity contribution is 6.74. The second-order valence-electron chi connectivity index (χ2n) is 9.89. The molecule has 1 heterocycles. The van der Waals surface area contributed by atoms with E-state index in [-0.39, 0.29) is 18.3 Å². The molecule has 0 radical (unpaired) electrons. The van der Waals surface area contributed by atoms with E-state index in [1.165, 1.54) is 11.3 Å². The van der Waals surface area contributed by atoms with Crippen LogP contribution in [0.15, 0.2) is 18.2 Å². The summed E-state index contributed by atoms with van der Waals surface area (Å²) in [5.74, 6) is 0.866. The lowest BCUT2D eigenvalue weighted by Gasteiger charge is -2.39. The summed E-state index contributed by atoms with van der Waals surface area (Å²) in [5.41, 5.74) is 3.65. The summed E-state index contributed by atoms with van der Waals surface area (Å²) in [7, 11) is -1.74. The van der Waals surface area contributed by atoms with Gasteiger partial charge in [-0.15, -0.1) is 0 Å². The summed E-state index contributed by atoms with van der Waals surface area (Å²) < 4.78 is 6.46. The molecule has 1 aromatic carbocycles. The van der Waals surface area contributed by atoms with E-state index < -0.39 is 8.32 Å². The lowest BCUT2D eigenvalue weighted by Crippen LogP contribution is -2.45. The highest BCUT2D eigenvalue weighted by Crippen LogP contribution is 2.49. The molecule has 0 aromatic heterocycles. The van der Waals surface area contributed by atoms with Gasteiger partial charge in [0.05, 0.1) is 13.2 Å². The van der Waals surface area contributed by atoms with E-state index in [0.29, 0.717) is 17.9 Å². The summed E-state index contributed by atoms with van der Waals surface area (Å²) in [5, 5.41) is 19.5. The maximum atomic E-state index is 9.66. The highest BCUT2D eigenvalue weighted by Gasteiger charge is 2.43. The van der Waals surface area contributed by atoms with Crippen LogP contribution in [-0.4, -0.2) is 44.3 Å². The van der Waals surface area contributed by atoms with Crippen molar-refractivity contribution in [3.05, 3.63) is 29.3 Å². The number of nitrogens with zero attached hydrogens (tertiary/aromatic N) is 1. The molecule has 4 nitrogen and oxygen atoms in total. The van der Waals surface area contributed by atoms with Gasteiger partial charge in [0.2, 0.25) is 0 Å². The average Bonchev–Trinajstić information content (AvgIpc) is 2.93. The van der Waals surface area contributed by atoms with Gasteiger partial charge in [-0.25, -0.2) is 0 Å². The fourth-order valence-corrected chi connectivity index (χ4v) is 5.49. The van der Waals surface area contributed by atoms with Crippen LogP contribution in [0.25, 0.3) is 0 Å². The topological polar surface area (TPSA) is 52.9 Å². The molecule has 3 rings (SSSR count). The zero-order chi connectivity index (χ0) is 19.8. The first-order valence-corrected chi connectivity index (χ1v) is 13.3. The maximum absolute atomic E-state index is 9.66. The first-order chi connectivity index (χ1) is 12.7. The maximum Gasteiger partial charge on any atom is 0.192 e. The van der Waals surface area contributed by atoms with Gasteiger partial charge in [-0.05, 0) is 60.5 Å². The predicted molar refractivity (Wildman–Crippen MR) is 114 cm³/mol. The third kappa shape index (κ3) is 4.11. The van der Waals surface area contributed by atoms with Crippen molar-refractivity contribution in [3.63, 3.8) is 0 Å². The molecule has 0 amide bonds. The molecule has 1 saturated carbocycles. The number of rotatable bonds is 6. The minimum atomic E-state index is -1.74. The van der Waals surface area contributed by atoms with Gasteiger partial charge in [0.25, 0.3) is 0 Å². The number of anilines is 1. The van der Waals surface area contributed by atoms with E-state index in [9.17, 15) is 10.2 Å². The molecule has 0 saturated heterocycles. The van der Waals surface area contributed by atoms with E-state index in [0.717, 1.165) is 38.0 Å². The molecule has 2 N–H and O–H groups in total. The summed E-state index contributed by atoms with van der Waals surface area (Å²) in [4.78, 5) is 2.54. The fourth-order valence-electron chi connectivity index (χ4n) is 4.46. The van der Waals surface area contributed by atoms with Gasteiger partial charge in [0.1, 0.15) is 0 Å². The van der Waals surface area contributed by atoms with Crippen molar-refractivity contribution in [1.29, 1.82) is 0 Å². The first kappa shape index (κ1) is 20.8. The number of hydrogen-bond donors (Lipinski definition) is 2.